The molecule has 0 radical (unpaired) electrons. The Labute approximate surface area is 351 Å². The van der Waals surface area contributed by atoms with Gasteiger partial charge in [-0.25, -0.2) is 4.57 Å². The van der Waals surface area contributed by atoms with Crippen molar-refractivity contribution in [1.29, 1.82) is 0 Å². The van der Waals surface area contributed by atoms with E-state index in [2.05, 4.69) is 50.3 Å². The molecule has 0 aromatic carbocycles. The molecule has 0 rings (SSSR count). The van der Waals surface area contributed by atoms with Crippen molar-refractivity contribution in [2.75, 3.05) is 47.5 Å². The van der Waals surface area contributed by atoms with Crippen molar-refractivity contribution >= 4 is 19.8 Å². The minimum Gasteiger partial charge on any atom is -0.462 e. The van der Waals surface area contributed by atoms with Crippen LogP contribution in [-0.4, -0.2) is 74.9 Å². The minimum absolute atomic E-state index is 0.0296. The molecule has 0 aromatic heterocycles. The van der Waals surface area contributed by atoms with Crippen LogP contribution in [0.4, 0.5) is 0 Å². The molecule has 0 saturated heterocycles. The Morgan fingerprint density at radius 2 is 1.00 bits per heavy atom. The predicted octanol–water partition coefficient (Wildman–Crippen LogP) is 13.3. The smallest absolute Gasteiger partial charge is 0.462 e. The largest absolute Gasteiger partial charge is 0.472 e. The summed E-state index contributed by atoms with van der Waals surface area (Å²) in [7, 11) is 1.47. The van der Waals surface area contributed by atoms with E-state index in [1.54, 1.807) is 0 Å². The maximum atomic E-state index is 12.7. The highest BCUT2D eigenvalue weighted by molar-refractivity contribution is 7.47. The van der Waals surface area contributed by atoms with Crippen LogP contribution in [0.1, 0.15) is 200 Å². The van der Waals surface area contributed by atoms with E-state index in [1.807, 2.05) is 21.1 Å². The van der Waals surface area contributed by atoms with E-state index in [0.717, 1.165) is 70.6 Å². The third-order valence-electron chi connectivity index (χ3n) is 9.93. The van der Waals surface area contributed by atoms with Crippen molar-refractivity contribution in [3.8, 4) is 0 Å². The number of rotatable bonds is 42. The predicted molar refractivity (Wildman–Crippen MR) is 238 cm³/mol. The SMILES string of the molecule is CC/C=C\C/C=C\C/C=C\CCCCCCCC(=O)OC[C@H](COP(=O)(O)OCC[N+](C)(C)C)OC(=O)CCCCCCCCCCCCCCCCCCCC. The van der Waals surface area contributed by atoms with E-state index in [4.69, 9.17) is 18.5 Å². The zero-order valence-electron chi connectivity index (χ0n) is 37.6. The number of likely N-dealkylation sites (N-methyl/N-ethyl adjacent to an activating group) is 1. The summed E-state index contributed by atoms with van der Waals surface area (Å²) in [6, 6.07) is 0. The van der Waals surface area contributed by atoms with Crippen LogP contribution in [0.25, 0.3) is 0 Å². The summed E-state index contributed by atoms with van der Waals surface area (Å²) in [5, 5.41) is 0. The molecule has 1 N–H and O–H groups in total. The van der Waals surface area contributed by atoms with Crippen molar-refractivity contribution in [2.24, 2.45) is 0 Å². The number of unbranched alkanes of at least 4 members (excludes halogenated alkanes) is 22. The molecule has 9 nitrogen and oxygen atoms in total. The maximum absolute atomic E-state index is 12.7. The van der Waals surface area contributed by atoms with Gasteiger partial charge in [-0.3, -0.25) is 18.6 Å². The molecule has 0 aliphatic heterocycles. The molecule has 1 unspecified atom stereocenters. The number of phosphoric acid groups is 1. The van der Waals surface area contributed by atoms with Crippen LogP contribution >= 0.6 is 7.82 Å². The van der Waals surface area contributed by atoms with Crippen LogP contribution in [0, 0.1) is 0 Å². The molecular weight excluding hydrogens is 737 g/mol. The third-order valence-corrected chi connectivity index (χ3v) is 10.9. The van der Waals surface area contributed by atoms with Crippen LogP contribution in [0.3, 0.4) is 0 Å². The number of carbonyl (C=O) groups is 2. The number of nitrogens with zero attached hydrogens (tertiary/aromatic N) is 1. The second-order valence-corrected chi connectivity index (χ2v) is 18.2. The summed E-state index contributed by atoms with van der Waals surface area (Å²) in [5.41, 5.74) is 0. The lowest BCUT2D eigenvalue weighted by molar-refractivity contribution is -0.870. The first-order valence-electron chi connectivity index (χ1n) is 23.2. The van der Waals surface area contributed by atoms with Crippen LogP contribution < -0.4 is 0 Å². The van der Waals surface area contributed by atoms with E-state index in [0.29, 0.717) is 17.4 Å². The number of esters is 2. The summed E-state index contributed by atoms with van der Waals surface area (Å²) in [4.78, 5) is 35.4. The van der Waals surface area contributed by atoms with Crippen molar-refractivity contribution in [2.45, 2.75) is 206 Å². The molecule has 10 heteroatoms. The molecule has 0 aliphatic rings. The lowest BCUT2D eigenvalue weighted by atomic mass is 10.0. The van der Waals surface area contributed by atoms with E-state index in [1.165, 1.54) is 96.3 Å². The first-order chi connectivity index (χ1) is 27.5. The summed E-state index contributed by atoms with van der Waals surface area (Å²) in [6.07, 6.45) is 44.7. The van der Waals surface area contributed by atoms with Gasteiger partial charge in [-0.15, -0.1) is 0 Å². The molecule has 0 aromatic rings. The van der Waals surface area contributed by atoms with E-state index in [-0.39, 0.29) is 32.0 Å². The van der Waals surface area contributed by atoms with Crippen LogP contribution in [-0.2, 0) is 32.7 Å². The Kier molecular flexibility index (Phi) is 38.4. The van der Waals surface area contributed by atoms with Crippen molar-refractivity contribution in [1.82, 2.24) is 0 Å². The third kappa shape index (κ3) is 43.6. The van der Waals surface area contributed by atoms with Gasteiger partial charge in [-0.1, -0.05) is 179 Å². The molecular formula is C47H89NO8P+. The molecule has 334 valence electrons. The highest BCUT2D eigenvalue weighted by atomic mass is 31.2. The van der Waals surface area contributed by atoms with Gasteiger partial charge < -0.3 is 18.9 Å². The lowest BCUT2D eigenvalue weighted by Gasteiger charge is -2.24. The van der Waals surface area contributed by atoms with Crippen molar-refractivity contribution < 1.29 is 42.1 Å². The summed E-state index contributed by atoms with van der Waals surface area (Å²) < 4.78 is 34.3. The minimum atomic E-state index is -4.38. The molecule has 0 bridgehead atoms. The zero-order chi connectivity index (χ0) is 42.1. The van der Waals surface area contributed by atoms with Gasteiger partial charge in [0.05, 0.1) is 27.7 Å². The number of carbonyl (C=O) groups excluding carboxylic acids is 2. The topological polar surface area (TPSA) is 108 Å². The summed E-state index contributed by atoms with van der Waals surface area (Å²) in [6.45, 7) is 4.31. The number of ether oxygens (including phenoxy) is 2. The van der Waals surface area contributed by atoms with Crippen LogP contribution in [0.5, 0.6) is 0 Å². The molecule has 0 aliphatic carbocycles. The van der Waals surface area contributed by atoms with Crippen LogP contribution in [0.2, 0.25) is 0 Å². The monoisotopic (exact) mass is 827 g/mol. The first kappa shape index (κ1) is 55.2. The molecule has 0 amide bonds. The fraction of sp³-hybridized carbons (Fsp3) is 0.830. The molecule has 2 atom stereocenters. The maximum Gasteiger partial charge on any atom is 0.472 e. The zero-order valence-corrected chi connectivity index (χ0v) is 38.5. The Balaban J connectivity index is 4.32. The first-order valence-corrected chi connectivity index (χ1v) is 24.7. The van der Waals surface area contributed by atoms with Gasteiger partial charge in [-0.05, 0) is 44.9 Å². The van der Waals surface area contributed by atoms with Gasteiger partial charge in [0.2, 0.25) is 0 Å². The Hall–Kier alpha value is -1.77. The second-order valence-electron chi connectivity index (χ2n) is 16.8. The fourth-order valence-corrected chi connectivity index (χ4v) is 7.06. The number of hydrogen-bond donors (Lipinski definition) is 1. The van der Waals surface area contributed by atoms with E-state index < -0.39 is 26.5 Å². The number of hydrogen-bond acceptors (Lipinski definition) is 7. The van der Waals surface area contributed by atoms with Gasteiger partial charge >= 0.3 is 19.8 Å². The average Bonchev–Trinajstić information content (AvgIpc) is 3.16. The van der Waals surface area contributed by atoms with Gasteiger partial charge in [0, 0.05) is 12.8 Å². The number of quaternary nitrogens is 1. The Morgan fingerprint density at radius 1 is 0.561 bits per heavy atom. The molecule has 0 spiro atoms. The van der Waals surface area contributed by atoms with Crippen molar-refractivity contribution in [3.05, 3.63) is 36.5 Å². The molecule has 0 heterocycles. The van der Waals surface area contributed by atoms with Crippen LogP contribution in [0.15, 0.2) is 36.5 Å². The summed E-state index contributed by atoms with van der Waals surface area (Å²) in [5.74, 6) is -0.812. The van der Waals surface area contributed by atoms with Gasteiger partial charge in [0.15, 0.2) is 6.10 Å². The molecule has 0 fully saturated rings. The van der Waals surface area contributed by atoms with E-state index in [9.17, 15) is 19.0 Å². The van der Waals surface area contributed by atoms with Crippen molar-refractivity contribution in [3.63, 3.8) is 0 Å². The number of allylic oxidation sites excluding steroid dienone is 6. The Bertz CT molecular complexity index is 1070. The lowest BCUT2D eigenvalue weighted by Crippen LogP contribution is -2.37. The normalized spacial score (nSPS) is 13.9. The molecule has 0 saturated carbocycles. The standard InChI is InChI=1S/C47H88NO8P/c1-6-8-10-12-14-16-18-20-22-23-24-26-28-30-32-34-36-38-40-47(50)56-45(44-55-57(51,52)54-42-41-48(3,4)5)43-53-46(49)39-37-35-33-31-29-27-25-21-19-17-15-13-11-9-7-2/h9,11,15,17,21,25,45H,6-8,10,12-14,16,18-20,22-24,26-44H2,1-5H3/p+1/b11-9-,17-15-,25-21-/t45-/m1/s1. The highest BCUT2D eigenvalue weighted by Gasteiger charge is 2.27. The quantitative estimate of drug-likeness (QED) is 0.0213. The Morgan fingerprint density at radius 3 is 1.49 bits per heavy atom. The summed E-state index contributed by atoms with van der Waals surface area (Å²) >= 11 is 0. The fourth-order valence-electron chi connectivity index (χ4n) is 6.32. The van der Waals surface area contributed by atoms with Gasteiger partial charge in [0.1, 0.15) is 19.8 Å². The average molecular weight is 827 g/mol. The van der Waals surface area contributed by atoms with E-state index >= 15 is 0 Å². The second kappa shape index (κ2) is 39.7. The number of phosphoric ester groups is 1. The van der Waals surface area contributed by atoms with Gasteiger partial charge in [0.25, 0.3) is 0 Å². The highest BCUT2D eigenvalue weighted by Crippen LogP contribution is 2.43. The molecule has 57 heavy (non-hydrogen) atoms. The van der Waals surface area contributed by atoms with Gasteiger partial charge in [-0.2, -0.15) is 0 Å².